The molecule has 0 spiro atoms. The second-order valence-electron chi connectivity index (χ2n) is 7.26. The number of carbonyl (C=O) groups excluding carboxylic acids is 1. The highest BCUT2D eigenvalue weighted by molar-refractivity contribution is 5.82. The first-order valence-electron chi connectivity index (χ1n) is 8.87. The number of fused-ring (bicyclic) bond motifs is 2. The zero-order valence-corrected chi connectivity index (χ0v) is 13.5. The molecule has 1 saturated heterocycles. The molecule has 1 aromatic rings. The Kier molecular flexibility index (Phi) is 3.69. The molecular weight excluding hydrogens is 272 g/mol. The second kappa shape index (κ2) is 5.69. The van der Waals surface area contributed by atoms with E-state index in [4.69, 9.17) is 0 Å². The zero-order chi connectivity index (χ0) is 15.1. The van der Waals surface area contributed by atoms with E-state index >= 15 is 0 Å². The first-order valence-corrected chi connectivity index (χ1v) is 8.87. The van der Waals surface area contributed by atoms with Crippen molar-refractivity contribution in [3.63, 3.8) is 0 Å². The van der Waals surface area contributed by atoms with Crippen LogP contribution in [0.1, 0.15) is 50.2 Å². The van der Waals surface area contributed by atoms with E-state index in [1.54, 1.807) is 0 Å². The van der Waals surface area contributed by atoms with Crippen molar-refractivity contribution in [1.29, 1.82) is 0 Å². The molecule has 0 unspecified atom stereocenters. The maximum atomic E-state index is 12.4. The number of amides is 1. The minimum absolute atomic E-state index is 0.342. The fourth-order valence-electron chi connectivity index (χ4n) is 4.11. The number of likely N-dealkylation sites (tertiary alicyclic amines) is 1. The van der Waals surface area contributed by atoms with Crippen LogP contribution in [0.4, 0.5) is 0 Å². The van der Waals surface area contributed by atoms with Gasteiger partial charge >= 0.3 is 0 Å². The van der Waals surface area contributed by atoms with E-state index in [1.807, 2.05) is 0 Å². The highest BCUT2D eigenvalue weighted by Crippen LogP contribution is 2.39. The first-order chi connectivity index (χ1) is 10.7. The Bertz CT molecular complexity index is 549. The molecule has 2 aliphatic carbocycles. The van der Waals surface area contributed by atoms with Gasteiger partial charge in [0, 0.05) is 24.5 Å². The van der Waals surface area contributed by atoms with Gasteiger partial charge in [0.1, 0.15) is 0 Å². The predicted octanol–water partition coefficient (Wildman–Crippen LogP) is 3.18. The van der Waals surface area contributed by atoms with Gasteiger partial charge in [-0.25, -0.2) is 0 Å². The standard InChI is InChI=1S/C19H26N2O/c1-2-14-3-5-15(6-4-14)12-20(17-9-10-17)13-21-18-8-7-16(11-18)19(21)22/h3-6,16-18H,2,7-13H2,1H3/t16-,18-/m0/s1. The van der Waals surface area contributed by atoms with Crippen LogP contribution in [0.5, 0.6) is 0 Å². The molecule has 22 heavy (non-hydrogen) atoms. The van der Waals surface area contributed by atoms with Crippen LogP contribution in [0.3, 0.4) is 0 Å². The topological polar surface area (TPSA) is 23.6 Å². The van der Waals surface area contributed by atoms with Crippen molar-refractivity contribution in [1.82, 2.24) is 9.80 Å². The van der Waals surface area contributed by atoms with Crippen molar-refractivity contribution in [3.8, 4) is 0 Å². The summed E-state index contributed by atoms with van der Waals surface area (Å²) in [5.74, 6) is 0.762. The monoisotopic (exact) mass is 298 g/mol. The van der Waals surface area contributed by atoms with Gasteiger partial charge in [-0.3, -0.25) is 9.69 Å². The average Bonchev–Trinajstić information content (AvgIpc) is 3.21. The lowest BCUT2D eigenvalue weighted by molar-refractivity contribution is -0.136. The van der Waals surface area contributed by atoms with Gasteiger partial charge in [-0.15, -0.1) is 0 Å². The Balaban J connectivity index is 1.43. The van der Waals surface area contributed by atoms with E-state index in [-0.39, 0.29) is 0 Å². The summed E-state index contributed by atoms with van der Waals surface area (Å²) in [6.07, 6.45) is 7.15. The van der Waals surface area contributed by atoms with Crippen LogP contribution in [-0.2, 0) is 17.8 Å². The van der Waals surface area contributed by atoms with Crippen LogP contribution in [0.15, 0.2) is 24.3 Å². The van der Waals surface area contributed by atoms with Crippen molar-refractivity contribution in [3.05, 3.63) is 35.4 Å². The van der Waals surface area contributed by atoms with E-state index in [0.717, 1.165) is 32.5 Å². The lowest BCUT2D eigenvalue weighted by atomic mass is 10.1. The summed E-state index contributed by atoms with van der Waals surface area (Å²) in [6.45, 7) is 4.02. The van der Waals surface area contributed by atoms with Gasteiger partial charge in [0.05, 0.1) is 6.67 Å². The Morgan fingerprint density at radius 1 is 1.09 bits per heavy atom. The molecule has 2 saturated carbocycles. The summed E-state index contributed by atoms with van der Waals surface area (Å²) < 4.78 is 0. The third-order valence-electron chi connectivity index (χ3n) is 5.69. The van der Waals surface area contributed by atoms with E-state index < -0.39 is 0 Å². The summed E-state index contributed by atoms with van der Waals surface area (Å²) in [6, 6.07) is 10.2. The largest absolute Gasteiger partial charge is 0.326 e. The molecule has 1 heterocycles. The fourth-order valence-corrected chi connectivity index (χ4v) is 4.11. The van der Waals surface area contributed by atoms with Crippen LogP contribution >= 0.6 is 0 Å². The van der Waals surface area contributed by atoms with Gasteiger partial charge < -0.3 is 4.90 Å². The van der Waals surface area contributed by atoms with Crippen molar-refractivity contribution in [2.45, 2.75) is 64.1 Å². The molecule has 3 nitrogen and oxygen atoms in total. The number of piperidine rings is 1. The number of nitrogens with zero attached hydrogens (tertiary/aromatic N) is 2. The number of aryl methyl sites for hydroxylation is 1. The molecule has 4 rings (SSSR count). The Morgan fingerprint density at radius 2 is 1.82 bits per heavy atom. The van der Waals surface area contributed by atoms with Crippen LogP contribution in [0, 0.1) is 5.92 Å². The molecule has 1 amide bonds. The van der Waals surface area contributed by atoms with Gasteiger partial charge in [-0.2, -0.15) is 0 Å². The minimum atomic E-state index is 0.342. The molecule has 3 heteroatoms. The van der Waals surface area contributed by atoms with Gasteiger partial charge in [0.25, 0.3) is 0 Å². The molecule has 3 aliphatic rings. The van der Waals surface area contributed by atoms with Crippen molar-refractivity contribution in [2.24, 2.45) is 5.92 Å². The average molecular weight is 298 g/mol. The zero-order valence-electron chi connectivity index (χ0n) is 13.5. The van der Waals surface area contributed by atoms with Crippen LogP contribution in [0.2, 0.25) is 0 Å². The Labute approximate surface area is 133 Å². The van der Waals surface area contributed by atoms with E-state index in [0.29, 0.717) is 23.9 Å². The van der Waals surface area contributed by atoms with E-state index in [2.05, 4.69) is 41.0 Å². The lowest BCUT2D eigenvalue weighted by Crippen LogP contribution is -2.45. The van der Waals surface area contributed by atoms with Crippen molar-refractivity contribution < 1.29 is 4.79 Å². The van der Waals surface area contributed by atoms with Crippen molar-refractivity contribution >= 4 is 5.91 Å². The highest BCUT2D eigenvalue weighted by Gasteiger charge is 2.45. The molecule has 2 bridgehead atoms. The molecule has 1 aromatic carbocycles. The minimum Gasteiger partial charge on any atom is -0.326 e. The predicted molar refractivity (Wildman–Crippen MR) is 87.2 cm³/mol. The normalized spacial score (nSPS) is 27.2. The van der Waals surface area contributed by atoms with Gasteiger partial charge in [0.2, 0.25) is 5.91 Å². The van der Waals surface area contributed by atoms with Crippen molar-refractivity contribution in [2.75, 3.05) is 6.67 Å². The van der Waals surface area contributed by atoms with E-state index in [9.17, 15) is 4.79 Å². The summed E-state index contributed by atoms with van der Waals surface area (Å²) in [5.41, 5.74) is 2.77. The molecule has 0 aromatic heterocycles. The Hall–Kier alpha value is -1.35. The van der Waals surface area contributed by atoms with Crippen LogP contribution in [-0.4, -0.2) is 34.5 Å². The summed E-state index contributed by atoms with van der Waals surface area (Å²) in [7, 11) is 0. The highest BCUT2D eigenvalue weighted by atomic mass is 16.2. The SMILES string of the molecule is CCc1ccc(CN(CN2C(=O)[C@H]3CC[C@H]2C3)C2CC2)cc1. The summed E-state index contributed by atoms with van der Waals surface area (Å²) >= 11 is 0. The lowest BCUT2D eigenvalue weighted by Gasteiger charge is -2.33. The van der Waals surface area contributed by atoms with Crippen LogP contribution < -0.4 is 0 Å². The molecule has 1 aliphatic heterocycles. The summed E-state index contributed by atoms with van der Waals surface area (Å²) in [4.78, 5) is 17.1. The van der Waals surface area contributed by atoms with Gasteiger partial charge in [-0.05, 0) is 49.7 Å². The molecule has 0 N–H and O–H groups in total. The number of rotatable bonds is 6. The third kappa shape index (κ3) is 2.67. The number of hydrogen-bond donors (Lipinski definition) is 0. The number of carbonyl (C=O) groups is 1. The molecule has 2 atom stereocenters. The summed E-state index contributed by atoms with van der Waals surface area (Å²) in [5, 5.41) is 0. The van der Waals surface area contributed by atoms with Gasteiger partial charge in [-0.1, -0.05) is 31.2 Å². The molecule has 3 fully saturated rings. The van der Waals surface area contributed by atoms with Crippen LogP contribution in [0.25, 0.3) is 0 Å². The molecule has 118 valence electrons. The molecular formula is C19H26N2O. The fraction of sp³-hybridized carbons (Fsp3) is 0.632. The smallest absolute Gasteiger partial charge is 0.227 e. The Morgan fingerprint density at radius 3 is 2.41 bits per heavy atom. The maximum absolute atomic E-state index is 12.4. The quantitative estimate of drug-likeness (QED) is 0.805. The number of benzene rings is 1. The first kappa shape index (κ1) is 14.3. The number of hydrogen-bond acceptors (Lipinski definition) is 2. The molecule has 0 radical (unpaired) electrons. The third-order valence-corrected chi connectivity index (χ3v) is 5.69. The maximum Gasteiger partial charge on any atom is 0.227 e. The second-order valence-corrected chi connectivity index (χ2v) is 7.26. The van der Waals surface area contributed by atoms with E-state index in [1.165, 1.54) is 30.4 Å². The van der Waals surface area contributed by atoms with Gasteiger partial charge in [0.15, 0.2) is 0 Å².